The molecule has 0 aliphatic heterocycles. The van der Waals surface area contributed by atoms with E-state index in [1.807, 2.05) is 24.3 Å². The van der Waals surface area contributed by atoms with E-state index in [1.165, 1.54) is 12.1 Å². The fourth-order valence-corrected chi connectivity index (χ4v) is 3.95. The van der Waals surface area contributed by atoms with Crippen LogP contribution in [0.2, 0.25) is 0 Å². The summed E-state index contributed by atoms with van der Waals surface area (Å²) in [6.07, 6.45) is 3.74. The Labute approximate surface area is 184 Å². The molecule has 0 atom stereocenters. The Balaban J connectivity index is 1.51. The molecule has 0 unspecified atom stereocenters. The first kappa shape index (κ1) is 21.1. The average Bonchev–Trinajstić information content (AvgIpc) is 3.44. The van der Waals surface area contributed by atoms with Crippen molar-refractivity contribution in [2.24, 2.45) is 0 Å². The van der Waals surface area contributed by atoms with Gasteiger partial charge in [0.2, 0.25) is 5.89 Å². The molecule has 0 aliphatic rings. The molecule has 0 aliphatic carbocycles. The fourth-order valence-electron chi connectivity index (χ4n) is 3.10. The lowest BCUT2D eigenvalue weighted by Crippen LogP contribution is -2.02. The number of hydrogen-bond acceptors (Lipinski definition) is 6. The molecule has 2 aromatic heterocycles. The number of benzene rings is 2. The largest absolute Gasteiger partial charge is 0.497 e. The van der Waals surface area contributed by atoms with Crippen molar-refractivity contribution < 1.29 is 13.5 Å². The molecule has 0 saturated heterocycles. The Morgan fingerprint density at radius 1 is 1.03 bits per heavy atom. The lowest BCUT2D eigenvalue weighted by molar-refractivity contribution is 0.415. The van der Waals surface area contributed by atoms with Crippen LogP contribution in [0.5, 0.6) is 5.75 Å². The van der Waals surface area contributed by atoms with E-state index < -0.39 is 0 Å². The lowest BCUT2D eigenvalue weighted by atomic mass is 10.2. The second-order valence-corrected chi connectivity index (χ2v) is 7.92. The summed E-state index contributed by atoms with van der Waals surface area (Å²) in [5, 5.41) is 9.70. The summed E-state index contributed by atoms with van der Waals surface area (Å²) >= 11 is 1.57. The first-order chi connectivity index (χ1) is 15.2. The molecule has 0 spiro atoms. The van der Waals surface area contributed by atoms with Crippen LogP contribution in [-0.2, 0) is 12.3 Å². The molecule has 4 aromatic rings. The van der Waals surface area contributed by atoms with Crippen LogP contribution in [0, 0.1) is 5.82 Å². The fraction of sp³-hybridized carbons (Fsp3) is 0.261. The zero-order valence-corrected chi connectivity index (χ0v) is 18.2. The molecule has 2 aromatic carbocycles. The van der Waals surface area contributed by atoms with Gasteiger partial charge in [-0.1, -0.05) is 25.1 Å². The summed E-state index contributed by atoms with van der Waals surface area (Å²) in [7, 11) is 1.65. The third-order valence-corrected chi connectivity index (χ3v) is 5.79. The molecule has 0 saturated carbocycles. The molecule has 2 heterocycles. The van der Waals surface area contributed by atoms with Crippen LogP contribution in [0.15, 0.2) is 64.4 Å². The minimum atomic E-state index is -0.287. The van der Waals surface area contributed by atoms with Crippen LogP contribution >= 0.6 is 11.8 Å². The first-order valence-corrected chi connectivity index (χ1v) is 11.1. The Hall–Kier alpha value is -3.13. The highest BCUT2D eigenvalue weighted by Crippen LogP contribution is 2.29. The Bertz CT molecular complexity index is 1120. The molecule has 160 valence electrons. The van der Waals surface area contributed by atoms with Crippen molar-refractivity contribution in [1.29, 1.82) is 0 Å². The molecule has 6 nitrogen and oxygen atoms in total. The Morgan fingerprint density at radius 2 is 1.77 bits per heavy atom. The van der Waals surface area contributed by atoms with Crippen LogP contribution < -0.4 is 4.74 Å². The van der Waals surface area contributed by atoms with Gasteiger partial charge in [-0.3, -0.25) is 0 Å². The number of aromatic nitrogens is 4. The maximum atomic E-state index is 13.1. The number of oxazole rings is 1. The van der Waals surface area contributed by atoms with E-state index in [0.29, 0.717) is 11.6 Å². The van der Waals surface area contributed by atoms with Crippen molar-refractivity contribution in [3.8, 4) is 28.6 Å². The van der Waals surface area contributed by atoms with Gasteiger partial charge in [0.25, 0.3) is 0 Å². The highest BCUT2D eigenvalue weighted by Gasteiger charge is 2.16. The van der Waals surface area contributed by atoms with Crippen molar-refractivity contribution in [2.75, 3.05) is 7.11 Å². The summed E-state index contributed by atoms with van der Waals surface area (Å²) in [5.41, 5.74) is 2.53. The first-order valence-electron chi connectivity index (χ1n) is 10.1. The molecular weight excluding hydrogens is 415 g/mol. The van der Waals surface area contributed by atoms with Crippen molar-refractivity contribution >= 4 is 11.8 Å². The Kier molecular flexibility index (Phi) is 6.66. The maximum absolute atomic E-state index is 13.1. The van der Waals surface area contributed by atoms with Gasteiger partial charge in [0.1, 0.15) is 17.8 Å². The predicted molar refractivity (Wildman–Crippen MR) is 118 cm³/mol. The van der Waals surface area contributed by atoms with Gasteiger partial charge in [-0.05, 0) is 55.0 Å². The third kappa shape index (κ3) is 4.96. The van der Waals surface area contributed by atoms with Crippen molar-refractivity contribution in [1.82, 2.24) is 19.7 Å². The van der Waals surface area contributed by atoms with Crippen molar-refractivity contribution in [3.05, 3.63) is 66.3 Å². The second kappa shape index (κ2) is 9.78. The van der Waals surface area contributed by atoms with Gasteiger partial charge < -0.3 is 13.7 Å². The lowest BCUT2D eigenvalue weighted by Gasteiger charge is -2.09. The predicted octanol–water partition coefficient (Wildman–Crippen LogP) is 5.84. The summed E-state index contributed by atoms with van der Waals surface area (Å²) in [5.74, 6) is 2.43. The Morgan fingerprint density at radius 3 is 2.48 bits per heavy atom. The van der Waals surface area contributed by atoms with Crippen LogP contribution in [0.3, 0.4) is 0 Å². The number of unbranched alkanes of at least 4 members (excludes halogenated alkanes) is 1. The summed E-state index contributed by atoms with van der Waals surface area (Å²) < 4.78 is 26.1. The molecular formula is C23H23FN4O2S. The smallest absolute Gasteiger partial charge is 0.226 e. The second-order valence-electron chi connectivity index (χ2n) is 6.98. The topological polar surface area (TPSA) is 66.0 Å². The minimum absolute atomic E-state index is 0.287. The van der Waals surface area contributed by atoms with Gasteiger partial charge >= 0.3 is 0 Å². The number of hydrogen-bond donors (Lipinski definition) is 0. The van der Waals surface area contributed by atoms with E-state index in [4.69, 9.17) is 9.15 Å². The van der Waals surface area contributed by atoms with Crippen molar-refractivity contribution in [2.45, 2.75) is 37.2 Å². The van der Waals surface area contributed by atoms with Gasteiger partial charge in [-0.2, -0.15) is 0 Å². The number of ether oxygens (including phenoxy) is 1. The van der Waals surface area contributed by atoms with Gasteiger partial charge in [-0.25, -0.2) is 9.37 Å². The van der Waals surface area contributed by atoms with E-state index >= 15 is 0 Å². The van der Waals surface area contributed by atoms with Crippen LogP contribution in [0.4, 0.5) is 4.39 Å². The zero-order chi connectivity index (χ0) is 21.6. The zero-order valence-electron chi connectivity index (χ0n) is 17.4. The highest BCUT2D eigenvalue weighted by molar-refractivity contribution is 7.98. The van der Waals surface area contributed by atoms with Crippen molar-refractivity contribution in [3.63, 3.8) is 0 Å². The van der Waals surface area contributed by atoms with E-state index in [0.717, 1.165) is 52.9 Å². The van der Waals surface area contributed by atoms with Gasteiger partial charge in [-0.15, -0.1) is 10.2 Å². The number of nitrogens with zero attached hydrogens (tertiary/aromatic N) is 4. The SMILES string of the molecule is CCCCn1c(SCc2coc(-c3ccc(F)cc3)n2)nnc1-c1ccc(OC)cc1. The molecule has 0 amide bonds. The number of rotatable bonds is 9. The number of methoxy groups -OCH3 is 1. The number of thioether (sulfide) groups is 1. The van der Waals surface area contributed by atoms with Gasteiger partial charge in [0, 0.05) is 23.4 Å². The quantitative estimate of drug-likeness (QED) is 0.306. The standard InChI is InChI=1S/C23H23FN4O2S/c1-3-4-13-28-21(16-7-11-20(29-2)12-8-16)26-27-23(28)31-15-19-14-30-22(25-19)17-5-9-18(24)10-6-17/h5-12,14H,3-4,13,15H2,1-2H3. The van der Waals surface area contributed by atoms with E-state index in [9.17, 15) is 4.39 Å². The van der Waals surface area contributed by atoms with E-state index in [1.54, 1.807) is 37.3 Å². The molecule has 0 N–H and O–H groups in total. The highest BCUT2D eigenvalue weighted by atomic mass is 32.2. The van der Waals surface area contributed by atoms with E-state index in [2.05, 4.69) is 26.7 Å². The van der Waals surface area contributed by atoms with E-state index in [-0.39, 0.29) is 5.82 Å². The average molecular weight is 439 g/mol. The maximum Gasteiger partial charge on any atom is 0.226 e. The van der Waals surface area contributed by atoms with Gasteiger partial charge in [0.05, 0.1) is 12.8 Å². The molecule has 31 heavy (non-hydrogen) atoms. The minimum Gasteiger partial charge on any atom is -0.497 e. The third-order valence-electron chi connectivity index (χ3n) is 4.79. The van der Waals surface area contributed by atoms with Crippen LogP contribution in [0.1, 0.15) is 25.5 Å². The number of halogens is 1. The monoisotopic (exact) mass is 438 g/mol. The van der Waals surface area contributed by atoms with Gasteiger partial charge in [0.15, 0.2) is 11.0 Å². The molecule has 0 fully saturated rings. The summed E-state index contributed by atoms with van der Waals surface area (Å²) in [6, 6.07) is 13.9. The molecule has 8 heteroatoms. The summed E-state index contributed by atoms with van der Waals surface area (Å²) in [4.78, 5) is 4.52. The molecule has 4 rings (SSSR count). The van der Waals surface area contributed by atoms with Crippen LogP contribution in [-0.4, -0.2) is 26.9 Å². The normalized spacial score (nSPS) is 11.1. The molecule has 0 radical (unpaired) electrons. The van der Waals surface area contributed by atoms with Crippen LogP contribution in [0.25, 0.3) is 22.8 Å². The molecule has 0 bridgehead atoms. The summed E-state index contributed by atoms with van der Waals surface area (Å²) in [6.45, 7) is 3.00.